The summed E-state index contributed by atoms with van der Waals surface area (Å²) in [6.45, 7) is 1.81. The minimum atomic E-state index is -1.98. The third-order valence-electron chi connectivity index (χ3n) is 25.5. The fourth-order valence-electron chi connectivity index (χ4n) is 17.5. The van der Waals surface area contributed by atoms with E-state index >= 15 is 0 Å². The molecule has 0 aliphatic carbocycles. The second kappa shape index (κ2) is 78.7. The maximum atomic E-state index is 13.5. The molecule has 3 saturated heterocycles. The number of ether oxygens (including phenoxy) is 6. The lowest BCUT2D eigenvalue weighted by Gasteiger charge is -2.48. The van der Waals surface area contributed by atoms with Crippen LogP contribution in [-0.2, 0) is 33.2 Å². The zero-order valence-electron chi connectivity index (χ0n) is 75.9. The molecule has 698 valence electrons. The minimum Gasteiger partial charge on any atom is -0.394 e. The van der Waals surface area contributed by atoms with E-state index < -0.39 is 124 Å². The predicted molar refractivity (Wildman–Crippen MR) is 480 cm³/mol. The normalized spacial score (nSPS) is 24.3. The maximum Gasteiger partial charge on any atom is 0.220 e. The summed E-state index contributed by atoms with van der Waals surface area (Å²) >= 11 is 0. The molecule has 3 aliphatic heterocycles. The number of nitrogens with one attached hydrogen (secondary N) is 1. The van der Waals surface area contributed by atoms with Gasteiger partial charge in [-0.25, -0.2) is 0 Å². The average molecular weight is 1680 g/mol. The lowest BCUT2D eigenvalue weighted by atomic mass is 9.96. The molecule has 19 nitrogen and oxygen atoms in total. The van der Waals surface area contributed by atoms with Crippen molar-refractivity contribution in [1.29, 1.82) is 0 Å². The zero-order chi connectivity index (χ0) is 85.2. The molecule has 3 rings (SSSR count). The lowest BCUT2D eigenvalue weighted by Crippen LogP contribution is -2.66. The van der Waals surface area contributed by atoms with Crippen LogP contribution in [0.4, 0.5) is 0 Å². The van der Waals surface area contributed by atoms with E-state index in [4.69, 9.17) is 28.4 Å². The van der Waals surface area contributed by atoms with E-state index in [9.17, 15) is 61.0 Å². The van der Waals surface area contributed by atoms with Crippen molar-refractivity contribution in [3.05, 3.63) is 24.3 Å². The molecule has 0 saturated carbocycles. The van der Waals surface area contributed by atoms with Gasteiger partial charge in [-0.2, -0.15) is 0 Å². The Bertz CT molecular complexity index is 2210. The predicted octanol–water partition coefficient (Wildman–Crippen LogP) is 21.1. The number of hydrogen-bond donors (Lipinski definition) is 12. The Hall–Kier alpha value is -1.73. The van der Waals surface area contributed by atoms with Gasteiger partial charge < -0.3 is 89.9 Å². The Kier molecular flexibility index (Phi) is 73.7. The van der Waals surface area contributed by atoms with Crippen LogP contribution in [0.2, 0.25) is 0 Å². The highest BCUT2D eigenvalue weighted by Crippen LogP contribution is 2.34. The number of aliphatic hydroxyl groups is 11. The van der Waals surface area contributed by atoms with Crippen LogP contribution in [-0.4, -0.2) is 193 Å². The van der Waals surface area contributed by atoms with Gasteiger partial charge in [0.2, 0.25) is 5.91 Å². The fraction of sp³-hybridized carbons (Fsp3) is 0.949. The second-order valence-electron chi connectivity index (χ2n) is 36.3. The van der Waals surface area contributed by atoms with E-state index in [1.54, 1.807) is 6.08 Å². The Morgan fingerprint density at radius 2 is 0.542 bits per heavy atom. The van der Waals surface area contributed by atoms with Crippen molar-refractivity contribution in [3.8, 4) is 0 Å². The Balaban J connectivity index is 1.28. The molecule has 12 N–H and O–H groups in total. The average Bonchev–Trinajstić information content (AvgIpc) is 0.783. The molecule has 0 radical (unpaired) electrons. The summed E-state index contributed by atoms with van der Waals surface area (Å²) in [6.07, 6.45) is 75.3. The molecule has 3 aliphatic rings. The lowest BCUT2D eigenvalue weighted by molar-refractivity contribution is -0.379. The van der Waals surface area contributed by atoms with Gasteiger partial charge in [0.05, 0.1) is 38.6 Å². The van der Waals surface area contributed by atoms with Gasteiger partial charge >= 0.3 is 0 Å². The molecule has 19 heteroatoms. The van der Waals surface area contributed by atoms with E-state index in [1.807, 2.05) is 6.08 Å². The summed E-state index contributed by atoms with van der Waals surface area (Å²) in [5, 5.41) is 121. The zero-order valence-corrected chi connectivity index (χ0v) is 75.9. The largest absolute Gasteiger partial charge is 0.394 e. The van der Waals surface area contributed by atoms with Crippen LogP contribution >= 0.6 is 0 Å². The van der Waals surface area contributed by atoms with Crippen molar-refractivity contribution >= 4 is 5.91 Å². The van der Waals surface area contributed by atoms with Crippen molar-refractivity contribution in [1.82, 2.24) is 5.32 Å². The molecule has 0 aromatic rings. The van der Waals surface area contributed by atoms with Gasteiger partial charge in [0.15, 0.2) is 18.9 Å². The molecule has 0 bridgehead atoms. The van der Waals surface area contributed by atoms with Gasteiger partial charge in [0.25, 0.3) is 0 Å². The first-order chi connectivity index (χ1) is 57.8. The minimum absolute atomic E-state index is 0.242. The highest BCUT2D eigenvalue weighted by atomic mass is 16.8. The first kappa shape index (κ1) is 110. The van der Waals surface area contributed by atoms with Crippen LogP contribution in [0.25, 0.3) is 0 Å². The second-order valence-corrected chi connectivity index (χ2v) is 36.3. The number of rotatable bonds is 85. The van der Waals surface area contributed by atoms with Crippen molar-refractivity contribution in [3.63, 3.8) is 0 Å². The Morgan fingerprint density at radius 3 is 0.847 bits per heavy atom. The topological polar surface area (TPSA) is 307 Å². The summed E-state index contributed by atoms with van der Waals surface area (Å²) in [6, 6.07) is -0.990. The number of allylic oxidation sites excluding steroid dienone is 3. The van der Waals surface area contributed by atoms with Crippen molar-refractivity contribution < 1.29 is 89.4 Å². The van der Waals surface area contributed by atoms with E-state index in [0.717, 1.165) is 38.5 Å². The summed E-state index contributed by atoms with van der Waals surface area (Å²) in [5.41, 5.74) is 0. The number of hydrogen-bond acceptors (Lipinski definition) is 18. The molecule has 17 atom stereocenters. The standard InChI is InChI=1S/C99H189NO18/c1-3-5-7-9-11-13-15-17-19-21-23-25-27-29-31-33-35-37-38-39-40-41-42-43-44-45-47-49-51-53-55-57-59-61-63-65-67-69-71-73-75-77-87(105)100-82(83(104)76-74-72-70-68-66-64-62-60-58-56-54-52-50-48-46-36-34-32-30-28-26-24-22-20-18-16-14-12-10-8-6-4-2)81-113-97-93(111)90(108)95(85(79-102)115-97)118-99-94(112)91(109)96(86(80-103)116-99)117-98-92(110)89(107)88(106)84(78-101)114-98/h66,68,74,76,82-86,88-99,101-104,106-112H,3-65,67,69-73,75,77-81H2,1-2H3,(H,100,105)/b68-66+,76-74+. The molecule has 3 heterocycles. The van der Waals surface area contributed by atoms with Crippen LogP contribution in [0.1, 0.15) is 470 Å². The fourth-order valence-corrected chi connectivity index (χ4v) is 17.5. The Labute approximate surface area is 721 Å². The van der Waals surface area contributed by atoms with Gasteiger partial charge in [-0.3, -0.25) is 4.79 Å². The molecule has 1 amide bonds. The van der Waals surface area contributed by atoms with Crippen LogP contribution in [0.15, 0.2) is 24.3 Å². The number of aliphatic hydroxyl groups excluding tert-OH is 11. The summed E-state index contributed by atoms with van der Waals surface area (Å²) in [5.74, 6) is -0.274. The van der Waals surface area contributed by atoms with Gasteiger partial charge in [0, 0.05) is 6.42 Å². The molecule has 0 aromatic carbocycles. The number of carbonyl (C=O) groups excluding carboxylic acids is 1. The summed E-state index contributed by atoms with van der Waals surface area (Å²) in [4.78, 5) is 13.5. The van der Waals surface area contributed by atoms with Gasteiger partial charge in [-0.15, -0.1) is 0 Å². The first-order valence-electron chi connectivity index (χ1n) is 50.6. The SMILES string of the molecule is CCCCCCCCCCCCCCCCCCCCCCCCCCCC/C=C/CC/C=C/C(O)C(COC1OC(CO)C(OC2OC(CO)C(OC3OC(CO)C(O)C(O)C3O)C(O)C2O)C(O)C1O)NC(=O)CCCCCCCCCCCCCCCCCCCCCCCCCCCCCCCCCCCCCCCCCCC. The summed E-state index contributed by atoms with van der Waals surface area (Å²) < 4.78 is 34.6. The highest BCUT2D eigenvalue weighted by Gasteiger charge is 2.54. The van der Waals surface area contributed by atoms with Crippen molar-refractivity contribution in [2.24, 2.45) is 0 Å². The molecule has 17 unspecified atom stereocenters. The van der Waals surface area contributed by atoms with E-state index in [2.05, 4.69) is 31.3 Å². The maximum absolute atomic E-state index is 13.5. The van der Waals surface area contributed by atoms with E-state index in [-0.39, 0.29) is 18.9 Å². The molecular formula is C99H189NO18. The molecule has 118 heavy (non-hydrogen) atoms. The molecular weight excluding hydrogens is 1490 g/mol. The van der Waals surface area contributed by atoms with E-state index in [1.165, 1.54) is 398 Å². The monoisotopic (exact) mass is 1680 g/mol. The third kappa shape index (κ3) is 55.7. The third-order valence-corrected chi connectivity index (χ3v) is 25.5. The van der Waals surface area contributed by atoms with Crippen molar-refractivity contribution in [2.45, 2.75) is 574 Å². The van der Waals surface area contributed by atoms with Gasteiger partial charge in [-0.05, 0) is 32.1 Å². The van der Waals surface area contributed by atoms with Crippen molar-refractivity contribution in [2.75, 3.05) is 26.4 Å². The van der Waals surface area contributed by atoms with Crippen LogP contribution in [0.5, 0.6) is 0 Å². The van der Waals surface area contributed by atoms with Gasteiger partial charge in [0.1, 0.15) is 73.2 Å². The molecule has 3 fully saturated rings. The molecule has 0 spiro atoms. The highest BCUT2D eigenvalue weighted by molar-refractivity contribution is 5.76. The number of carbonyl (C=O) groups is 1. The van der Waals surface area contributed by atoms with Crippen LogP contribution < -0.4 is 5.32 Å². The van der Waals surface area contributed by atoms with Crippen LogP contribution in [0.3, 0.4) is 0 Å². The van der Waals surface area contributed by atoms with E-state index in [0.29, 0.717) is 12.8 Å². The van der Waals surface area contributed by atoms with Gasteiger partial charge in [-0.1, -0.05) is 456 Å². The molecule has 0 aromatic heterocycles. The first-order valence-corrected chi connectivity index (χ1v) is 50.6. The van der Waals surface area contributed by atoms with Crippen LogP contribution in [0, 0.1) is 0 Å². The smallest absolute Gasteiger partial charge is 0.220 e. The number of amides is 1. The Morgan fingerprint density at radius 1 is 0.297 bits per heavy atom. The number of unbranched alkanes of at least 4 members (excludes halogenated alkanes) is 67. The summed E-state index contributed by atoms with van der Waals surface area (Å²) in [7, 11) is 0. The quantitative estimate of drug-likeness (QED) is 0.0199.